The van der Waals surface area contributed by atoms with E-state index in [2.05, 4.69) is 21.9 Å². The van der Waals surface area contributed by atoms with Crippen molar-refractivity contribution in [3.63, 3.8) is 0 Å². The first-order valence-electron chi connectivity index (χ1n) is 4.38. The Bertz CT molecular complexity index is 449. The van der Waals surface area contributed by atoms with E-state index in [1.165, 1.54) is 0 Å². The molecule has 14 heavy (non-hydrogen) atoms. The Hall–Kier alpha value is -1.42. The lowest BCUT2D eigenvalue weighted by Crippen LogP contribution is -2.12. The van der Waals surface area contributed by atoms with Crippen LogP contribution in [-0.2, 0) is 0 Å². The van der Waals surface area contributed by atoms with Crippen LogP contribution in [0.3, 0.4) is 0 Å². The van der Waals surface area contributed by atoms with Gasteiger partial charge < -0.3 is 5.32 Å². The maximum atomic E-state index is 4.21. The smallest absolute Gasteiger partial charge is 0.147 e. The summed E-state index contributed by atoms with van der Waals surface area (Å²) in [4.78, 5) is 8.38. The molecule has 72 valence electrons. The lowest BCUT2D eigenvalue weighted by atomic mass is 10.3. The number of hydrogen-bond donors (Lipinski definition) is 1. The van der Waals surface area contributed by atoms with Crippen LogP contribution in [0.25, 0.3) is 10.2 Å². The Morgan fingerprint density at radius 3 is 3.21 bits per heavy atom. The monoisotopic (exact) mass is 205 g/mol. The van der Waals surface area contributed by atoms with Crippen LogP contribution in [0, 0.1) is 0 Å². The molecule has 0 fully saturated rings. The van der Waals surface area contributed by atoms with Crippen LogP contribution in [-0.4, -0.2) is 16.0 Å². The molecule has 1 N–H and O–H groups in total. The average Bonchev–Trinajstić information content (AvgIpc) is 2.66. The molecule has 0 radical (unpaired) electrons. The first kappa shape index (κ1) is 9.15. The Morgan fingerprint density at radius 1 is 1.57 bits per heavy atom. The van der Waals surface area contributed by atoms with Crippen molar-refractivity contribution < 1.29 is 0 Å². The standard InChI is InChI=1S/C10H11N3S/c1-3-7(2)13-10-9-8(4-5-14-9)11-6-12-10/h3-7H,1H2,2H3,(H,11,12,13). The minimum atomic E-state index is 0.218. The molecule has 0 saturated heterocycles. The summed E-state index contributed by atoms with van der Waals surface area (Å²) in [6, 6.07) is 2.21. The molecule has 3 nitrogen and oxygen atoms in total. The molecule has 2 rings (SSSR count). The number of thiophene rings is 1. The van der Waals surface area contributed by atoms with E-state index >= 15 is 0 Å². The highest BCUT2D eigenvalue weighted by atomic mass is 32.1. The van der Waals surface area contributed by atoms with Gasteiger partial charge in [0.15, 0.2) is 0 Å². The molecule has 0 spiro atoms. The summed E-state index contributed by atoms with van der Waals surface area (Å²) < 4.78 is 1.10. The molecular weight excluding hydrogens is 194 g/mol. The number of aromatic nitrogens is 2. The zero-order chi connectivity index (χ0) is 9.97. The van der Waals surface area contributed by atoms with Crippen LogP contribution in [0.1, 0.15) is 6.92 Å². The number of anilines is 1. The van der Waals surface area contributed by atoms with Crippen molar-refractivity contribution in [2.24, 2.45) is 0 Å². The second kappa shape index (κ2) is 3.75. The molecular formula is C10H11N3S. The topological polar surface area (TPSA) is 37.8 Å². The van der Waals surface area contributed by atoms with Gasteiger partial charge >= 0.3 is 0 Å². The van der Waals surface area contributed by atoms with Crippen LogP contribution < -0.4 is 5.32 Å². The molecule has 1 unspecified atom stereocenters. The van der Waals surface area contributed by atoms with Gasteiger partial charge in [0.2, 0.25) is 0 Å². The van der Waals surface area contributed by atoms with Crippen molar-refractivity contribution in [3.05, 3.63) is 30.4 Å². The number of fused-ring (bicyclic) bond motifs is 1. The van der Waals surface area contributed by atoms with Crippen LogP contribution in [0.5, 0.6) is 0 Å². The number of nitrogens with one attached hydrogen (secondary N) is 1. The highest BCUT2D eigenvalue weighted by Crippen LogP contribution is 2.25. The highest BCUT2D eigenvalue weighted by molar-refractivity contribution is 7.17. The summed E-state index contributed by atoms with van der Waals surface area (Å²) in [7, 11) is 0. The van der Waals surface area contributed by atoms with Gasteiger partial charge in [-0.3, -0.25) is 0 Å². The van der Waals surface area contributed by atoms with Crippen LogP contribution in [0.15, 0.2) is 30.4 Å². The summed E-state index contributed by atoms with van der Waals surface area (Å²) in [5, 5.41) is 5.28. The van der Waals surface area contributed by atoms with Crippen LogP contribution in [0.2, 0.25) is 0 Å². The second-order valence-corrected chi connectivity index (χ2v) is 3.94. The molecule has 0 bridgehead atoms. The van der Waals surface area contributed by atoms with Gasteiger partial charge in [0.1, 0.15) is 12.1 Å². The molecule has 2 aromatic heterocycles. The largest absolute Gasteiger partial charge is 0.363 e. The molecule has 2 aromatic rings. The molecule has 0 aliphatic carbocycles. The van der Waals surface area contributed by atoms with E-state index in [4.69, 9.17) is 0 Å². The summed E-state index contributed by atoms with van der Waals surface area (Å²) in [6.45, 7) is 5.76. The van der Waals surface area contributed by atoms with E-state index in [0.717, 1.165) is 16.0 Å². The number of hydrogen-bond acceptors (Lipinski definition) is 4. The lowest BCUT2D eigenvalue weighted by Gasteiger charge is -2.09. The van der Waals surface area contributed by atoms with Crippen molar-refractivity contribution in [1.29, 1.82) is 0 Å². The summed E-state index contributed by atoms with van der Waals surface area (Å²) in [5.41, 5.74) is 0.990. The Morgan fingerprint density at radius 2 is 2.43 bits per heavy atom. The SMILES string of the molecule is C=CC(C)Nc1ncnc2ccsc12. The van der Waals surface area contributed by atoms with Gasteiger partial charge in [-0.05, 0) is 18.4 Å². The highest BCUT2D eigenvalue weighted by Gasteiger charge is 2.05. The lowest BCUT2D eigenvalue weighted by molar-refractivity contribution is 0.985. The summed E-state index contributed by atoms with van der Waals surface area (Å²) in [6.07, 6.45) is 3.43. The second-order valence-electron chi connectivity index (χ2n) is 3.03. The third-order valence-corrected chi connectivity index (χ3v) is 2.87. The van der Waals surface area contributed by atoms with Crippen molar-refractivity contribution in [3.8, 4) is 0 Å². The fourth-order valence-corrected chi connectivity index (χ4v) is 1.96. The first-order chi connectivity index (χ1) is 6.81. The minimum Gasteiger partial charge on any atom is -0.363 e. The van der Waals surface area contributed by atoms with Gasteiger partial charge in [-0.1, -0.05) is 6.08 Å². The average molecular weight is 205 g/mol. The quantitative estimate of drug-likeness (QED) is 0.783. The van der Waals surface area contributed by atoms with E-state index in [1.807, 2.05) is 24.4 Å². The summed E-state index contributed by atoms with van der Waals surface area (Å²) in [5.74, 6) is 0.886. The summed E-state index contributed by atoms with van der Waals surface area (Å²) >= 11 is 1.64. The molecule has 0 aliphatic rings. The van der Waals surface area contributed by atoms with Gasteiger partial charge in [-0.25, -0.2) is 9.97 Å². The van der Waals surface area contributed by atoms with Gasteiger partial charge in [-0.2, -0.15) is 0 Å². The maximum absolute atomic E-state index is 4.21. The molecule has 0 amide bonds. The fraction of sp³-hybridized carbons (Fsp3) is 0.200. The molecule has 1 atom stereocenters. The van der Waals surface area contributed by atoms with E-state index < -0.39 is 0 Å². The molecule has 2 heterocycles. The third-order valence-electron chi connectivity index (χ3n) is 1.96. The van der Waals surface area contributed by atoms with E-state index in [9.17, 15) is 0 Å². The molecule has 4 heteroatoms. The van der Waals surface area contributed by atoms with Gasteiger partial charge in [0.05, 0.1) is 10.2 Å². The first-order valence-corrected chi connectivity index (χ1v) is 5.26. The minimum absolute atomic E-state index is 0.218. The van der Waals surface area contributed by atoms with Crippen molar-refractivity contribution >= 4 is 27.4 Å². The fourth-order valence-electron chi connectivity index (χ4n) is 1.17. The normalized spacial score (nSPS) is 12.6. The Kier molecular flexibility index (Phi) is 2.45. The van der Waals surface area contributed by atoms with Gasteiger partial charge in [0.25, 0.3) is 0 Å². The van der Waals surface area contributed by atoms with E-state index in [0.29, 0.717) is 0 Å². The van der Waals surface area contributed by atoms with Crippen LogP contribution >= 0.6 is 11.3 Å². The Balaban J connectivity index is 2.41. The van der Waals surface area contributed by atoms with Crippen LogP contribution in [0.4, 0.5) is 5.82 Å². The molecule has 0 saturated carbocycles. The molecule has 0 aromatic carbocycles. The zero-order valence-electron chi connectivity index (χ0n) is 7.90. The number of rotatable bonds is 3. The zero-order valence-corrected chi connectivity index (χ0v) is 8.71. The predicted molar refractivity (Wildman–Crippen MR) is 60.7 cm³/mol. The van der Waals surface area contributed by atoms with E-state index in [1.54, 1.807) is 17.7 Å². The van der Waals surface area contributed by atoms with Gasteiger partial charge in [0, 0.05) is 6.04 Å². The maximum Gasteiger partial charge on any atom is 0.147 e. The van der Waals surface area contributed by atoms with Crippen molar-refractivity contribution in [2.45, 2.75) is 13.0 Å². The molecule has 0 aliphatic heterocycles. The third kappa shape index (κ3) is 1.61. The number of nitrogens with zero attached hydrogens (tertiary/aromatic N) is 2. The van der Waals surface area contributed by atoms with Crippen molar-refractivity contribution in [2.75, 3.05) is 5.32 Å². The van der Waals surface area contributed by atoms with E-state index in [-0.39, 0.29) is 6.04 Å². The van der Waals surface area contributed by atoms with Crippen molar-refractivity contribution in [1.82, 2.24) is 9.97 Å². The Labute approximate surface area is 86.5 Å². The van der Waals surface area contributed by atoms with Gasteiger partial charge in [-0.15, -0.1) is 17.9 Å². The predicted octanol–water partition coefficient (Wildman–Crippen LogP) is 2.68.